The molecule has 0 aromatic heterocycles. The highest BCUT2D eigenvalue weighted by Gasteiger charge is 2.55. The predicted octanol–water partition coefficient (Wildman–Crippen LogP) is 1.03. The van der Waals surface area contributed by atoms with Crippen molar-refractivity contribution in [1.82, 2.24) is 10.2 Å². The smallest absolute Gasteiger partial charge is 0.353 e. The lowest BCUT2D eigenvalue weighted by Gasteiger charge is -2.49. The summed E-state index contributed by atoms with van der Waals surface area (Å²) in [5, 5.41) is 11.2. The van der Waals surface area contributed by atoms with E-state index >= 15 is 0 Å². The van der Waals surface area contributed by atoms with Gasteiger partial charge in [0, 0.05) is 18.2 Å². The maximum Gasteiger partial charge on any atom is 0.353 e. The molecule has 2 atom stereocenters. The first-order chi connectivity index (χ1) is 13.7. The highest BCUT2D eigenvalue weighted by Crippen LogP contribution is 2.40. The second-order valence-electron chi connectivity index (χ2n) is 6.07. The van der Waals surface area contributed by atoms with Crippen LogP contribution < -0.4 is 5.32 Å². The Morgan fingerprint density at radius 3 is 2.48 bits per heavy atom. The molecule has 0 aliphatic carbocycles. The number of nitrogens with one attached hydrogen (secondary N) is 1. The third-order valence-electron chi connectivity index (χ3n) is 4.18. The standard InChI is InChI=1S/C18H14N2O6S3/c1-8(21)26-18(28)10-7-29-16-11(15(23)20(16)12(10)17(24)25)19-14(22)13(27)9-5-3-2-4-6-9/h2-6,11,16H,7H2,1H3,(H,19,22)(H,24,25)/t11?,16-/m0/s1. The Kier molecular flexibility index (Phi) is 6.10. The average molecular weight is 451 g/mol. The minimum Gasteiger partial charge on any atom is -0.477 e. The number of carbonyl (C=O) groups excluding carboxylic acids is 3. The van der Waals surface area contributed by atoms with Gasteiger partial charge in [-0.2, -0.15) is 0 Å². The maximum atomic E-state index is 12.6. The highest BCUT2D eigenvalue weighted by atomic mass is 32.2. The average Bonchev–Trinajstić information content (AvgIpc) is 2.69. The molecule has 11 heteroatoms. The third kappa shape index (κ3) is 4.07. The first-order valence-electron chi connectivity index (χ1n) is 8.26. The largest absolute Gasteiger partial charge is 0.477 e. The molecule has 0 spiro atoms. The van der Waals surface area contributed by atoms with Gasteiger partial charge in [0.05, 0.1) is 0 Å². The van der Waals surface area contributed by atoms with E-state index in [1.165, 1.54) is 11.8 Å². The Hall–Kier alpha value is -2.63. The van der Waals surface area contributed by atoms with Crippen LogP contribution in [0, 0.1) is 0 Å². The fourth-order valence-electron chi connectivity index (χ4n) is 2.90. The Labute approximate surface area is 180 Å². The summed E-state index contributed by atoms with van der Waals surface area (Å²) in [6, 6.07) is 7.69. The van der Waals surface area contributed by atoms with Gasteiger partial charge in [-0.25, -0.2) is 4.79 Å². The summed E-state index contributed by atoms with van der Waals surface area (Å²) >= 11 is 11.4. The van der Waals surface area contributed by atoms with Gasteiger partial charge in [-0.15, -0.1) is 11.8 Å². The van der Waals surface area contributed by atoms with Crippen LogP contribution in [-0.2, 0) is 23.9 Å². The number of thiocarbonyl (C=S) groups is 2. The van der Waals surface area contributed by atoms with Gasteiger partial charge in [-0.1, -0.05) is 42.5 Å². The molecule has 0 radical (unpaired) electrons. The zero-order chi connectivity index (χ0) is 21.3. The highest BCUT2D eigenvalue weighted by molar-refractivity contribution is 8.00. The number of hydrogen-bond donors (Lipinski definition) is 2. The van der Waals surface area contributed by atoms with Crippen LogP contribution in [0.5, 0.6) is 0 Å². The van der Waals surface area contributed by atoms with Gasteiger partial charge < -0.3 is 15.2 Å². The van der Waals surface area contributed by atoms with Crippen molar-refractivity contribution in [3.05, 3.63) is 47.2 Å². The summed E-state index contributed by atoms with van der Waals surface area (Å²) in [6.45, 7) is 1.14. The number of carboxylic acid groups (broad SMARTS) is 1. The van der Waals surface area contributed by atoms with Crippen molar-refractivity contribution in [2.45, 2.75) is 18.3 Å². The fraction of sp³-hybridized carbons (Fsp3) is 0.222. The van der Waals surface area contributed by atoms with Crippen LogP contribution in [0.4, 0.5) is 0 Å². The van der Waals surface area contributed by atoms with Crippen molar-refractivity contribution in [2.24, 2.45) is 0 Å². The van der Waals surface area contributed by atoms with Crippen LogP contribution in [0.15, 0.2) is 41.6 Å². The molecule has 2 aliphatic heterocycles. The second-order valence-corrected chi connectivity index (χ2v) is 7.95. The lowest BCUT2D eigenvalue weighted by Crippen LogP contribution is -2.71. The van der Waals surface area contributed by atoms with Crippen LogP contribution in [0.25, 0.3) is 0 Å². The Morgan fingerprint density at radius 2 is 1.90 bits per heavy atom. The molecule has 8 nitrogen and oxygen atoms in total. The second kappa shape index (κ2) is 8.39. The molecule has 0 saturated carbocycles. The summed E-state index contributed by atoms with van der Waals surface area (Å²) in [6.07, 6.45) is 0. The van der Waals surface area contributed by atoms with E-state index in [-0.39, 0.29) is 26.9 Å². The van der Waals surface area contributed by atoms with Crippen molar-refractivity contribution in [3.63, 3.8) is 0 Å². The zero-order valence-electron chi connectivity index (χ0n) is 14.9. The van der Waals surface area contributed by atoms with Gasteiger partial charge >= 0.3 is 11.9 Å². The van der Waals surface area contributed by atoms with Gasteiger partial charge in [-0.05, 0) is 17.8 Å². The number of aliphatic carboxylic acids is 1. The molecule has 29 heavy (non-hydrogen) atoms. The number of carboxylic acids is 1. The van der Waals surface area contributed by atoms with Crippen molar-refractivity contribution in [2.75, 3.05) is 5.75 Å². The Bertz CT molecular complexity index is 975. The molecular weight excluding hydrogens is 436 g/mol. The van der Waals surface area contributed by atoms with E-state index in [0.717, 1.165) is 11.8 Å². The molecule has 1 aromatic carbocycles. The number of thioether (sulfide) groups is 1. The predicted molar refractivity (Wildman–Crippen MR) is 112 cm³/mol. The van der Waals surface area contributed by atoms with E-state index in [4.69, 9.17) is 29.2 Å². The van der Waals surface area contributed by atoms with E-state index in [2.05, 4.69) is 5.32 Å². The minimum absolute atomic E-state index is 0.0309. The molecule has 2 N–H and O–H groups in total. The quantitative estimate of drug-likeness (QED) is 0.294. The summed E-state index contributed by atoms with van der Waals surface area (Å²) in [5.74, 6) is -3.15. The summed E-state index contributed by atoms with van der Waals surface area (Å²) in [4.78, 5) is 49.0. The van der Waals surface area contributed by atoms with Crippen molar-refractivity contribution >= 4 is 69.9 Å². The SMILES string of the molecule is CC(=O)OC(=S)C1=C(C(=O)O)N2C(=O)C(NC(=O)C(=S)c3ccccc3)[C@@H]2SC1. The van der Waals surface area contributed by atoms with E-state index in [1.807, 2.05) is 0 Å². The molecule has 150 valence electrons. The van der Waals surface area contributed by atoms with E-state index in [0.29, 0.717) is 5.56 Å². The maximum absolute atomic E-state index is 12.6. The number of β-lactam (4-membered cyclic amide) rings is 1. The summed E-state index contributed by atoms with van der Waals surface area (Å²) in [7, 11) is 0. The van der Waals surface area contributed by atoms with Crippen LogP contribution in [-0.4, -0.2) is 60.8 Å². The number of amides is 2. The van der Waals surface area contributed by atoms with Gasteiger partial charge in [0.15, 0.2) is 0 Å². The van der Waals surface area contributed by atoms with Gasteiger partial charge in [0.2, 0.25) is 5.05 Å². The monoisotopic (exact) mass is 450 g/mol. The molecule has 3 rings (SSSR count). The van der Waals surface area contributed by atoms with Crippen molar-refractivity contribution in [1.29, 1.82) is 0 Å². The van der Waals surface area contributed by atoms with Gasteiger partial charge in [-0.3, -0.25) is 19.3 Å². The van der Waals surface area contributed by atoms with E-state index in [9.17, 15) is 24.3 Å². The Balaban J connectivity index is 1.78. The lowest BCUT2D eigenvalue weighted by atomic mass is 10.0. The van der Waals surface area contributed by atoms with Gasteiger partial charge in [0.1, 0.15) is 22.0 Å². The number of esters is 1. The molecule has 1 unspecified atom stereocenters. The number of hydrogen-bond acceptors (Lipinski definition) is 8. The normalized spacial score (nSPS) is 20.3. The number of fused-ring (bicyclic) bond motifs is 1. The van der Waals surface area contributed by atoms with E-state index in [1.54, 1.807) is 30.3 Å². The van der Waals surface area contributed by atoms with Crippen LogP contribution in [0.1, 0.15) is 12.5 Å². The number of benzene rings is 1. The molecule has 1 saturated heterocycles. The van der Waals surface area contributed by atoms with Crippen LogP contribution >= 0.6 is 36.2 Å². The molecule has 0 bridgehead atoms. The van der Waals surface area contributed by atoms with Crippen LogP contribution in [0.2, 0.25) is 0 Å². The van der Waals surface area contributed by atoms with Gasteiger partial charge in [0.25, 0.3) is 11.8 Å². The molecule has 2 heterocycles. The third-order valence-corrected chi connectivity index (χ3v) is 6.21. The van der Waals surface area contributed by atoms with Crippen LogP contribution in [0.3, 0.4) is 0 Å². The molecule has 2 amide bonds. The number of rotatable bonds is 5. The minimum atomic E-state index is -1.38. The fourth-order valence-corrected chi connectivity index (χ4v) is 4.81. The molecular formula is C18H14N2O6S3. The summed E-state index contributed by atoms with van der Waals surface area (Å²) < 4.78 is 4.82. The van der Waals surface area contributed by atoms with E-state index < -0.39 is 35.2 Å². The first kappa shape index (κ1) is 21.1. The van der Waals surface area contributed by atoms with Crippen molar-refractivity contribution < 1.29 is 29.0 Å². The summed E-state index contributed by atoms with van der Waals surface area (Å²) in [5.41, 5.74) is 0.267. The molecule has 1 fully saturated rings. The van der Waals surface area contributed by atoms with Crippen molar-refractivity contribution in [3.8, 4) is 0 Å². The zero-order valence-corrected chi connectivity index (χ0v) is 17.4. The topological polar surface area (TPSA) is 113 Å². The number of nitrogens with zero attached hydrogens (tertiary/aromatic N) is 1. The molecule has 1 aromatic rings. The number of carbonyl (C=O) groups is 4. The molecule has 2 aliphatic rings. The number of ether oxygens (including phenoxy) is 1. The Morgan fingerprint density at radius 1 is 1.24 bits per heavy atom. The lowest BCUT2D eigenvalue weighted by molar-refractivity contribution is -0.150. The first-order valence-corrected chi connectivity index (χ1v) is 10.1.